The molecule has 0 aliphatic heterocycles. The zero-order valence-electron chi connectivity index (χ0n) is 15.8. The van der Waals surface area contributed by atoms with Crippen LogP contribution in [0.15, 0.2) is 18.2 Å². The molecule has 0 saturated carbocycles. The Morgan fingerprint density at radius 3 is 2.56 bits per heavy atom. The van der Waals surface area contributed by atoms with Crippen LogP contribution >= 0.6 is 0 Å². The van der Waals surface area contributed by atoms with Crippen molar-refractivity contribution >= 4 is 17.7 Å². The van der Waals surface area contributed by atoms with Gasteiger partial charge in [0.15, 0.2) is 0 Å². The Hall–Kier alpha value is -2.64. The number of hydrogen-bond acceptors (Lipinski definition) is 4. The first kappa shape index (κ1) is 22.4. The minimum Gasteiger partial charge on any atom is -0.493 e. The molecule has 0 heterocycles. The third-order valence-corrected chi connectivity index (χ3v) is 3.76. The Balaban J connectivity index is 2.34. The van der Waals surface area contributed by atoms with E-state index in [1.54, 1.807) is 19.9 Å². The van der Waals surface area contributed by atoms with Gasteiger partial charge in [-0.2, -0.15) is 0 Å². The quantitative estimate of drug-likeness (QED) is 0.477. The van der Waals surface area contributed by atoms with Gasteiger partial charge in [0.25, 0.3) is 0 Å². The van der Waals surface area contributed by atoms with Crippen LogP contribution in [0.2, 0.25) is 0 Å². The molecule has 4 N–H and O–H groups in total. The minimum atomic E-state index is -0.781. The van der Waals surface area contributed by atoms with Gasteiger partial charge in [0.05, 0.1) is 6.61 Å². The molecule has 3 amide bonds. The van der Waals surface area contributed by atoms with Gasteiger partial charge in [-0.3, -0.25) is 14.4 Å². The van der Waals surface area contributed by atoms with Crippen LogP contribution in [0.3, 0.4) is 0 Å². The molecule has 0 spiro atoms. The number of nitrogens with two attached hydrogens (primary N) is 1. The molecule has 1 unspecified atom stereocenters. The maximum absolute atomic E-state index is 13.3. The van der Waals surface area contributed by atoms with Crippen molar-refractivity contribution in [3.63, 3.8) is 0 Å². The number of halogens is 1. The summed E-state index contributed by atoms with van der Waals surface area (Å²) in [7, 11) is 0. The first-order chi connectivity index (χ1) is 12.8. The minimum absolute atomic E-state index is 0.0168. The molecule has 150 valence electrons. The summed E-state index contributed by atoms with van der Waals surface area (Å²) in [6.45, 7) is 4.34. The maximum atomic E-state index is 13.3. The summed E-state index contributed by atoms with van der Waals surface area (Å²) in [6, 6.07) is 3.69. The van der Waals surface area contributed by atoms with E-state index in [0.717, 1.165) is 5.56 Å². The highest BCUT2D eigenvalue weighted by atomic mass is 19.1. The first-order valence-electron chi connectivity index (χ1n) is 9.07. The summed E-state index contributed by atoms with van der Waals surface area (Å²) >= 11 is 0. The average molecular weight is 381 g/mol. The van der Waals surface area contributed by atoms with Gasteiger partial charge in [0.2, 0.25) is 17.7 Å². The zero-order valence-corrected chi connectivity index (χ0v) is 15.8. The number of carbonyl (C=O) groups excluding carboxylic acids is 3. The Morgan fingerprint density at radius 1 is 1.19 bits per heavy atom. The van der Waals surface area contributed by atoms with Crippen LogP contribution in [0.25, 0.3) is 0 Å². The molecule has 27 heavy (non-hydrogen) atoms. The summed E-state index contributed by atoms with van der Waals surface area (Å²) in [4.78, 5) is 34.9. The van der Waals surface area contributed by atoms with Crippen molar-refractivity contribution in [2.45, 2.75) is 52.0 Å². The van der Waals surface area contributed by atoms with Crippen molar-refractivity contribution in [2.24, 2.45) is 5.73 Å². The second kappa shape index (κ2) is 11.9. The third kappa shape index (κ3) is 9.58. The SMILES string of the molecule is CCNC(=O)C(CCC(N)=O)NC(=O)CCCCOc1cc(C)cc(F)c1. The molecule has 1 aromatic rings. The number of likely N-dealkylation sites (N-methyl/N-ethyl adjacent to an activating group) is 1. The second-order valence-electron chi connectivity index (χ2n) is 6.29. The van der Waals surface area contributed by atoms with Crippen molar-refractivity contribution in [3.05, 3.63) is 29.6 Å². The first-order valence-corrected chi connectivity index (χ1v) is 9.07. The lowest BCUT2D eigenvalue weighted by molar-refractivity contribution is -0.129. The molecular weight excluding hydrogens is 353 g/mol. The van der Waals surface area contributed by atoms with Gasteiger partial charge in [0.1, 0.15) is 17.6 Å². The van der Waals surface area contributed by atoms with E-state index < -0.39 is 11.9 Å². The largest absolute Gasteiger partial charge is 0.493 e. The van der Waals surface area contributed by atoms with Gasteiger partial charge < -0.3 is 21.1 Å². The molecule has 1 atom stereocenters. The second-order valence-corrected chi connectivity index (χ2v) is 6.29. The van der Waals surface area contributed by atoms with E-state index in [1.807, 2.05) is 0 Å². The van der Waals surface area contributed by atoms with Crippen molar-refractivity contribution in [2.75, 3.05) is 13.2 Å². The number of rotatable bonds is 12. The number of benzene rings is 1. The third-order valence-electron chi connectivity index (χ3n) is 3.76. The molecule has 0 saturated heterocycles. The van der Waals surface area contributed by atoms with E-state index in [-0.39, 0.29) is 36.9 Å². The van der Waals surface area contributed by atoms with Gasteiger partial charge >= 0.3 is 0 Å². The van der Waals surface area contributed by atoms with Crippen molar-refractivity contribution in [1.29, 1.82) is 0 Å². The molecule has 1 aromatic carbocycles. The number of nitrogens with one attached hydrogen (secondary N) is 2. The van der Waals surface area contributed by atoms with Crippen LogP contribution in [-0.2, 0) is 14.4 Å². The van der Waals surface area contributed by atoms with E-state index in [1.165, 1.54) is 12.1 Å². The summed E-state index contributed by atoms with van der Waals surface area (Å²) in [6.07, 6.45) is 1.56. The molecule has 8 heteroatoms. The molecule has 0 bridgehead atoms. The lowest BCUT2D eigenvalue weighted by Gasteiger charge is -2.17. The molecule has 0 radical (unpaired) electrons. The average Bonchev–Trinajstić information content (AvgIpc) is 2.57. The standard InChI is InChI=1S/C19H28FN3O4/c1-3-22-19(26)16(7-8-17(21)24)23-18(25)6-4-5-9-27-15-11-13(2)10-14(20)12-15/h10-12,16H,3-9H2,1-2H3,(H2,21,24)(H,22,26)(H,23,25). The van der Waals surface area contributed by atoms with Gasteiger partial charge in [-0.15, -0.1) is 0 Å². The lowest BCUT2D eigenvalue weighted by atomic mass is 10.1. The van der Waals surface area contributed by atoms with E-state index in [0.29, 0.717) is 31.7 Å². The lowest BCUT2D eigenvalue weighted by Crippen LogP contribution is -2.47. The normalized spacial score (nSPS) is 11.5. The van der Waals surface area contributed by atoms with Gasteiger partial charge in [-0.25, -0.2) is 4.39 Å². The fraction of sp³-hybridized carbons (Fsp3) is 0.526. The van der Waals surface area contributed by atoms with Crippen LogP contribution < -0.4 is 21.1 Å². The zero-order chi connectivity index (χ0) is 20.2. The molecular formula is C19H28FN3O4. The molecule has 0 aliphatic carbocycles. The molecule has 0 fully saturated rings. The van der Waals surface area contributed by atoms with Crippen LogP contribution in [0.4, 0.5) is 4.39 Å². The topological polar surface area (TPSA) is 111 Å². The van der Waals surface area contributed by atoms with Crippen LogP contribution in [-0.4, -0.2) is 36.9 Å². The Kier molecular flexibility index (Phi) is 9.85. The Morgan fingerprint density at radius 2 is 1.93 bits per heavy atom. The number of aryl methyl sites for hydroxylation is 1. The molecule has 0 aliphatic rings. The summed E-state index contributed by atoms with van der Waals surface area (Å²) < 4.78 is 18.7. The summed E-state index contributed by atoms with van der Waals surface area (Å²) in [5.74, 6) is -1.03. The molecule has 0 aromatic heterocycles. The highest BCUT2D eigenvalue weighted by Crippen LogP contribution is 2.16. The molecule has 1 rings (SSSR count). The fourth-order valence-corrected chi connectivity index (χ4v) is 2.48. The summed E-state index contributed by atoms with van der Waals surface area (Å²) in [5, 5.41) is 5.25. The monoisotopic (exact) mass is 381 g/mol. The van der Waals surface area contributed by atoms with Crippen molar-refractivity contribution in [1.82, 2.24) is 10.6 Å². The number of ether oxygens (including phenoxy) is 1. The predicted molar refractivity (Wildman–Crippen MR) is 99.5 cm³/mol. The summed E-state index contributed by atoms with van der Waals surface area (Å²) in [5.41, 5.74) is 5.88. The highest BCUT2D eigenvalue weighted by Gasteiger charge is 2.20. The van der Waals surface area contributed by atoms with E-state index in [4.69, 9.17) is 10.5 Å². The molecule has 7 nitrogen and oxygen atoms in total. The number of unbranched alkanes of at least 4 members (excludes halogenated alkanes) is 1. The fourth-order valence-electron chi connectivity index (χ4n) is 2.48. The van der Waals surface area contributed by atoms with Gasteiger partial charge in [-0.1, -0.05) is 0 Å². The van der Waals surface area contributed by atoms with E-state index in [9.17, 15) is 18.8 Å². The van der Waals surface area contributed by atoms with Crippen molar-refractivity contribution < 1.29 is 23.5 Å². The van der Waals surface area contributed by atoms with Crippen molar-refractivity contribution in [3.8, 4) is 5.75 Å². The van der Waals surface area contributed by atoms with E-state index in [2.05, 4.69) is 10.6 Å². The Bertz CT molecular complexity index is 632. The van der Waals surface area contributed by atoms with Crippen LogP contribution in [0.1, 0.15) is 44.6 Å². The number of hydrogen-bond donors (Lipinski definition) is 3. The number of carbonyl (C=O) groups is 3. The van der Waals surface area contributed by atoms with E-state index >= 15 is 0 Å². The number of primary amides is 1. The van der Waals surface area contributed by atoms with Crippen LogP contribution in [0, 0.1) is 12.7 Å². The van der Waals surface area contributed by atoms with Crippen LogP contribution in [0.5, 0.6) is 5.75 Å². The van der Waals surface area contributed by atoms with Gasteiger partial charge in [-0.05, 0) is 50.8 Å². The maximum Gasteiger partial charge on any atom is 0.242 e. The predicted octanol–water partition coefficient (Wildman–Crippen LogP) is 1.57. The highest BCUT2D eigenvalue weighted by molar-refractivity contribution is 5.88. The Labute approximate surface area is 158 Å². The smallest absolute Gasteiger partial charge is 0.242 e. The number of amides is 3. The van der Waals surface area contributed by atoms with Gasteiger partial charge in [0, 0.05) is 25.5 Å².